The maximum atomic E-state index is 5.28. The van der Waals surface area contributed by atoms with Crippen LogP contribution in [0.15, 0.2) is 0 Å². The van der Waals surface area contributed by atoms with E-state index in [1.807, 2.05) is 13.8 Å². The minimum atomic E-state index is -0.498. The van der Waals surface area contributed by atoms with E-state index in [9.17, 15) is 0 Å². The number of ether oxygens (including phenoxy) is 2. The lowest BCUT2D eigenvalue weighted by atomic mass is 10.4. The molecule has 0 aromatic carbocycles. The van der Waals surface area contributed by atoms with E-state index in [0.717, 1.165) is 0 Å². The molecule has 4 nitrogen and oxygen atoms in total. The normalized spacial score (nSPS) is 28.1. The fourth-order valence-corrected chi connectivity index (χ4v) is 0.843. The van der Waals surface area contributed by atoms with E-state index >= 15 is 0 Å². The van der Waals surface area contributed by atoms with Crippen LogP contribution >= 0.6 is 12.4 Å². The Kier molecular flexibility index (Phi) is 4.28. The van der Waals surface area contributed by atoms with Crippen LogP contribution in [0.1, 0.15) is 13.8 Å². The Morgan fingerprint density at radius 2 is 2.18 bits per heavy atom. The van der Waals surface area contributed by atoms with Gasteiger partial charge in [-0.1, -0.05) is 0 Å². The van der Waals surface area contributed by atoms with Gasteiger partial charge in [-0.15, -0.1) is 12.4 Å². The van der Waals surface area contributed by atoms with E-state index in [1.165, 1.54) is 0 Å². The number of hydrogen-bond acceptors (Lipinski definition) is 4. The molecule has 0 aromatic heterocycles. The van der Waals surface area contributed by atoms with Crippen molar-refractivity contribution in [1.29, 1.82) is 0 Å². The average Bonchev–Trinajstić information content (AvgIpc) is 2.12. The SMILES string of the molecule is CNO[C@H]1COC(C)(C)O1.Cl. The predicted octanol–water partition coefficient (Wildman–Crippen LogP) is 0.668. The molecule has 68 valence electrons. The third-order valence-electron chi connectivity index (χ3n) is 1.23. The Morgan fingerprint density at radius 3 is 2.55 bits per heavy atom. The summed E-state index contributed by atoms with van der Waals surface area (Å²) >= 11 is 0. The molecular weight excluding hydrogens is 170 g/mol. The minimum Gasteiger partial charge on any atom is -0.345 e. The second-order valence-corrected chi connectivity index (χ2v) is 2.58. The summed E-state index contributed by atoms with van der Waals surface area (Å²) in [6, 6.07) is 0. The van der Waals surface area contributed by atoms with Gasteiger partial charge in [-0.25, -0.2) is 5.48 Å². The lowest BCUT2D eigenvalue weighted by Crippen LogP contribution is -2.26. The van der Waals surface area contributed by atoms with Crippen molar-refractivity contribution >= 4 is 12.4 Å². The van der Waals surface area contributed by atoms with Crippen molar-refractivity contribution in [3.8, 4) is 0 Å². The van der Waals surface area contributed by atoms with E-state index in [4.69, 9.17) is 14.3 Å². The largest absolute Gasteiger partial charge is 0.345 e. The van der Waals surface area contributed by atoms with Gasteiger partial charge in [-0.05, 0) is 13.8 Å². The fraction of sp³-hybridized carbons (Fsp3) is 1.00. The van der Waals surface area contributed by atoms with Crippen LogP contribution in [0.5, 0.6) is 0 Å². The van der Waals surface area contributed by atoms with Gasteiger partial charge >= 0.3 is 0 Å². The van der Waals surface area contributed by atoms with Crippen molar-refractivity contribution in [3.63, 3.8) is 0 Å². The number of hydroxylamine groups is 1. The lowest BCUT2D eigenvalue weighted by Gasteiger charge is -2.16. The summed E-state index contributed by atoms with van der Waals surface area (Å²) in [5, 5.41) is 0. The maximum absolute atomic E-state index is 5.28. The zero-order valence-electron chi connectivity index (χ0n) is 6.92. The number of halogens is 1. The monoisotopic (exact) mass is 183 g/mol. The van der Waals surface area contributed by atoms with Crippen LogP contribution in [-0.2, 0) is 14.3 Å². The Balaban J connectivity index is 0.000001000. The minimum absolute atomic E-state index is 0. The first-order valence-electron chi connectivity index (χ1n) is 3.28. The zero-order valence-corrected chi connectivity index (χ0v) is 7.73. The van der Waals surface area contributed by atoms with Gasteiger partial charge in [-0.2, -0.15) is 0 Å². The van der Waals surface area contributed by atoms with Crippen molar-refractivity contribution in [1.82, 2.24) is 5.48 Å². The first-order chi connectivity index (χ1) is 4.64. The van der Waals surface area contributed by atoms with Gasteiger partial charge in [0.1, 0.15) is 6.61 Å². The van der Waals surface area contributed by atoms with Gasteiger partial charge in [0.25, 0.3) is 0 Å². The molecule has 1 rings (SSSR count). The van der Waals surface area contributed by atoms with Gasteiger partial charge in [0.15, 0.2) is 5.79 Å². The number of nitrogens with one attached hydrogen (secondary N) is 1. The second-order valence-electron chi connectivity index (χ2n) is 2.58. The molecule has 5 heteroatoms. The highest BCUT2D eigenvalue weighted by Crippen LogP contribution is 2.21. The molecule has 1 heterocycles. The van der Waals surface area contributed by atoms with Gasteiger partial charge < -0.3 is 9.47 Å². The quantitative estimate of drug-likeness (QED) is 0.639. The molecule has 0 amide bonds. The predicted molar refractivity (Wildman–Crippen MR) is 42.3 cm³/mol. The molecule has 0 saturated carbocycles. The molecule has 1 saturated heterocycles. The zero-order chi connectivity index (χ0) is 7.61. The molecule has 0 bridgehead atoms. The summed E-state index contributed by atoms with van der Waals surface area (Å²) in [5.41, 5.74) is 2.54. The van der Waals surface area contributed by atoms with Crippen LogP contribution in [0.2, 0.25) is 0 Å². The Morgan fingerprint density at radius 1 is 1.55 bits per heavy atom. The van der Waals surface area contributed by atoms with E-state index in [2.05, 4.69) is 5.48 Å². The first kappa shape index (κ1) is 11.1. The van der Waals surface area contributed by atoms with Crippen molar-refractivity contribution in [2.24, 2.45) is 0 Å². The highest BCUT2D eigenvalue weighted by atomic mass is 35.5. The van der Waals surface area contributed by atoms with Gasteiger partial charge in [0.2, 0.25) is 6.29 Å². The molecule has 0 radical (unpaired) electrons. The van der Waals surface area contributed by atoms with E-state index in [-0.39, 0.29) is 18.7 Å². The summed E-state index contributed by atoms with van der Waals surface area (Å²) in [4.78, 5) is 4.94. The molecule has 11 heavy (non-hydrogen) atoms. The molecule has 1 atom stereocenters. The molecule has 1 aliphatic rings. The molecule has 0 aromatic rings. The molecule has 0 spiro atoms. The highest BCUT2D eigenvalue weighted by molar-refractivity contribution is 5.85. The summed E-state index contributed by atoms with van der Waals surface area (Å²) < 4.78 is 10.5. The number of rotatable bonds is 2. The van der Waals surface area contributed by atoms with Crippen LogP contribution in [-0.4, -0.2) is 25.7 Å². The lowest BCUT2D eigenvalue weighted by molar-refractivity contribution is -0.206. The van der Waals surface area contributed by atoms with Gasteiger partial charge in [0.05, 0.1) is 0 Å². The van der Waals surface area contributed by atoms with Crippen molar-refractivity contribution in [2.45, 2.75) is 25.9 Å². The van der Waals surface area contributed by atoms with Crippen LogP contribution in [0.4, 0.5) is 0 Å². The van der Waals surface area contributed by atoms with Gasteiger partial charge in [0, 0.05) is 7.05 Å². The molecule has 1 fully saturated rings. The first-order valence-corrected chi connectivity index (χ1v) is 3.28. The average molecular weight is 184 g/mol. The van der Waals surface area contributed by atoms with Crippen molar-refractivity contribution < 1.29 is 14.3 Å². The Hall–Kier alpha value is 0.130. The van der Waals surface area contributed by atoms with Crippen molar-refractivity contribution in [2.75, 3.05) is 13.7 Å². The third-order valence-corrected chi connectivity index (χ3v) is 1.23. The summed E-state index contributed by atoms with van der Waals surface area (Å²) in [5.74, 6) is -0.498. The van der Waals surface area contributed by atoms with E-state index in [1.54, 1.807) is 7.05 Å². The van der Waals surface area contributed by atoms with Crippen LogP contribution in [0.25, 0.3) is 0 Å². The van der Waals surface area contributed by atoms with E-state index in [0.29, 0.717) is 6.61 Å². The molecular formula is C6H14ClNO3. The summed E-state index contributed by atoms with van der Waals surface area (Å²) in [7, 11) is 1.69. The second kappa shape index (κ2) is 4.23. The molecule has 1 N–H and O–H groups in total. The van der Waals surface area contributed by atoms with Crippen molar-refractivity contribution in [3.05, 3.63) is 0 Å². The highest BCUT2D eigenvalue weighted by Gasteiger charge is 2.33. The van der Waals surface area contributed by atoms with Crippen LogP contribution < -0.4 is 5.48 Å². The maximum Gasteiger partial charge on any atom is 0.203 e. The summed E-state index contributed by atoms with van der Waals surface area (Å²) in [6.07, 6.45) is -0.278. The molecule has 1 aliphatic heterocycles. The topological polar surface area (TPSA) is 39.7 Å². The van der Waals surface area contributed by atoms with Crippen LogP contribution in [0.3, 0.4) is 0 Å². The Bertz CT molecular complexity index is 120. The number of hydrogen-bond donors (Lipinski definition) is 1. The van der Waals surface area contributed by atoms with Crippen LogP contribution in [0, 0.1) is 0 Å². The summed E-state index contributed by atoms with van der Waals surface area (Å²) in [6.45, 7) is 4.19. The fourth-order valence-electron chi connectivity index (χ4n) is 0.843. The van der Waals surface area contributed by atoms with E-state index < -0.39 is 5.79 Å². The standard InChI is InChI=1S/C6H13NO3.ClH/c1-6(2)8-4-5(9-6)10-7-3;/h5,7H,4H2,1-3H3;1H/t5-;/m0./s1. The third kappa shape index (κ3) is 3.35. The molecule has 0 unspecified atom stereocenters. The smallest absolute Gasteiger partial charge is 0.203 e. The molecule has 0 aliphatic carbocycles. The Labute approximate surface area is 72.6 Å². The van der Waals surface area contributed by atoms with Gasteiger partial charge in [-0.3, -0.25) is 4.84 Å².